The number of anilines is 1. The van der Waals surface area contributed by atoms with E-state index in [2.05, 4.69) is 9.97 Å². The Morgan fingerprint density at radius 3 is 2.91 bits per heavy atom. The molecular weight excluding hydrogens is 319 g/mol. The van der Waals surface area contributed by atoms with E-state index in [0.29, 0.717) is 17.6 Å². The fourth-order valence-electron chi connectivity index (χ4n) is 2.44. The molecule has 4 N–H and O–H groups in total. The number of fused-ring (bicyclic) bond motifs is 1. The number of rotatable bonds is 3. The maximum absolute atomic E-state index is 14.0. The van der Waals surface area contributed by atoms with Gasteiger partial charge in [-0.25, -0.2) is 4.39 Å². The van der Waals surface area contributed by atoms with Crippen LogP contribution in [0.3, 0.4) is 0 Å². The first-order chi connectivity index (χ1) is 10.5. The number of H-pyrrole nitrogens is 1. The van der Waals surface area contributed by atoms with Crippen LogP contribution in [0.15, 0.2) is 9.59 Å². The van der Waals surface area contributed by atoms with E-state index >= 15 is 0 Å². The summed E-state index contributed by atoms with van der Waals surface area (Å²) in [7, 11) is 0. The second-order valence-corrected chi connectivity index (χ2v) is 5.71. The van der Waals surface area contributed by atoms with Crippen LogP contribution < -0.4 is 16.2 Å². The molecule has 118 valence electrons. The van der Waals surface area contributed by atoms with Gasteiger partial charge in [0, 0.05) is 0 Å². The fourth-order valence-corrected chi connectivity index (χ4v) is 3.28. The zero-order chi connectivity index (χ0) is 16.0. The van der Waals surface area contributed by atoms with Gasteiger partial charge < -0.3 is 20.4 Å². The van der Waals surface area contributed by atoms with E-state index < -0.39 is 41.5 Å². The van der Waals surface area contributed by atoms with Gasteiger partial charge in [0.15, 0.2) is 11.9 Å². The van der Waals surface area contributed by atoms with Crippen LogP contribution in [-0.2, 0) is 9.53 Å². The fraction of sp³-hybridized carbons (Fsp3) is 0.455. The summed E-state index contributed by atoms with van der Waals surface area (Å²) < 4.78 is 20.2. The number of aromatic nitrogens is 3. The van der Waals surface area contributed by atoms with E-state index in [1.54, 1.807) is 0 Å². The van der Waals surface area contributed by atoms with Gasteiger partial charge in [0.2, 0.25) is 5.95 Å². The normalized spacial score (nSPS) is 28.3. The molecule has 0 bridgehead atoms. The lowest BCUT2D eigenvalue weighted by atomic mass is 10.0. The standard InChI is InChI=1S/C11H11FN4O5S/c12-5-3(1-17)9(21-4(5)2-18)16-7-6(22-11(16)20)8(19)15-10(13)14-7/h1,3-5,9,18H,2H2,(H3,13,14,15,19)/t3-,4-,5-,9-/m1/s1. The van der Waals surface area contributed by atoms with Crippen molar-refractivity contribution >= 4 is 33.9 Å². The molecule has 2 aromatic heterocycles. The highest BCUT2D eigenvalue weighted by molar-refractivity contribution is 7.16. The Balaban J connectivity index is 2.22. The Labute approximate surface area is 125 Å². The minimum Gasteiger partial charge on any atom is -0.394 e. The number of nitrogens with zero attached hydrogens (tertiary/aromatic N) is 2. The van der Waals surface area contributed by atoms with Crippen LogP contribution in [-0.4, -0.2) is 44.8 Å². The molecule has 3 rings (SSSR count). The lowest BCUT2D eigenvalue weighted by Crippen LogP contribution is -2.28. The van der Waals surface area contributed by atoms with Gasteiger partial charge in [0.05, 0.1) is 12.5 Å². The van der Waals surface area contributed by atoms with Gasteiger partial charge >= 0.3 is 4.87 Å². The summed E-state index contributed by atoms with van der Waals surface area (Å²) in [5.41, 5.74) is 4.75. The predicted molar refractivity (Wildman–Crippen MR) is 74.4 cm³/mol. The molecule has 9 nitrogen and oxygen atoms in total. The number of carbonyl (C=O) groups is 1. The molecule has 0 saturated carbocycles. The molecule has 11 heteroatoms. The summed E-state index contributed by atoms with van der Waals surface area (Å²) >= 11 is 0.588. The number of nitrogen functional groups attached to an aromatic ring is 1. The van der Waals surface area contributed by atoms with Crippen LogP contribution in [0.25, 0.3) is 10.3 Å². The number of aliphatic hydroxyl groups excluding tert-OH is 1. The maximum atomic E-state index is 14.0. The van der Waals surface area contributed by atoms with Crippen molar-refractivity contribution in [3.8, 4) is 0 Å². The summed E-state index contributed by atoms with van der Waals surface area (Å²) in [5, 5.41) is 9.08. The number of thiazole rings is 1. The van der Waals surface area contributed by atoms with Gasteiger partial charge in [-0.3, -0.25) is 19.1 Å². The Morgan fingerprint density at radius 2 is 2.27 bits per heavy atom. The Morgan fingerprint density at radius 1 is 1.55 bits per heavy atom. The Hall–Kier alpha value is -2.11. The predicted octanol–water partition coefficient (Wildman–Crippen LogP) is -1.23. The molecule has 3 heterocycles. The quantitative estimate of drug-likeness (QED) is 0.599. The third-order valence-corrected chi connectivity index (χ3v) is 4.39. The summed E-state index contributed by atoms with van der Waals surface area (Å²) in [5.74, 6) is -1.52. The van der Waals surface area contributed by atoms with Crippen molar-refractivity contribution in [1.29, 1.82) is 0 Å². The van der Waals surface area contributed by atoms with Crippen LogP contribution in [0.1, 0.15) is 6.23 Å². The van der Waals surface area contributed by atoms with E-state index in [9.17, 15) is 18.8 Å². The van der Waals surface area contributed by atoms with Gasteiger partial charge in [-0.05, 0) is 0 Å². The van der Waals surface area contributed by atoms with Crippen molar-refractivity contribution in [2.45, 2.75) is 18.5 Å². The van der Waals surface area contributed by atoms with Crippen LogP contribution in [0, 0.1) is 5.92 Å². The number of aldehydes is 1. The molecule has 1 aliphatic rings. The monoisotopic (exact) mass is 330 g/mol. The lowest BCUT2D eigenvalue weighted by Gasteiger charge is -2.15. The van der Waals surface area contributed by atoms with E-state index in [4.69, 9.17) is 15.6 Å². The first-order valence-electron chi connectivity index (χ1n) is 6.24. The zero-order valence-electron chi connectivity index (χ0n) is 10.9. The number of nitrogens with two attached hydrogens (primary N) is 1. The number of alkyl halides is 1. The van der Waals surface area contributed by atoms with Gasteiger partial charge in [0.1, 0.15) is 23.3 Å². The number of aromatic amines is 1. The molecule has 0 spiro atoms. The summed E-state index contributed by atoms with van der Waals surface area (Å²) in [6.07, 6.45) is -3.98. The average Bonchev–Trinajstić information content (AvgIpc) is 2.95. The Bertz CT molecular complexity index is 845. The van der Waals surface area contributed by atoms with Crippen molar-refractivity contribution in [1.82, 2.24) is 14.5 Å². The van der Waals surface area contributed by atoms with Gasteiger partial charge in [-0.15, -0.1) is 0 Å². The number of hydrogen-bond donors (Lipinski definition) is 3. The summed E-state index contributed by atoms with van der Waals surface area (Å²) in [6.45, 7) is -0.644. The van der Waals surface area contributed by atoms with Gasteiger partial charge in [0.25, 0.3) is 5.56 Å². The second kappa shape index (κ2) is 5.26. The minimum atomic E-state index is -1.77. The summed E-state index contributed by atoms with van der Waals surface area (Å²) in [4.78, 5) is 40.5. The first kappa shape index (κ1) is 14.8. The Kier molecular flexibility index (Phi) is 3.54. The van der Waals surface area contributed by atoms with Crippen molar-refractivity contribution in [3.05, 3.63) is 20.0 Å². The smallest absolute Gasteiger partial charge is 0.311 e. The minimum absolute atomic E-state index is 0.00435. The zero-order valence-corrected chi connectivity index (χ0v) is 11.7. The van der Waals surface area contributed by atoms with Crippen molar-refractivity contribution in [2.75, 3.05) is 12.3 Å². The summed E-state index contributed by atoms with van der Waals surface area (Å²) in [6, 6.07) is 0. The second-order valence-electron chi connectivity index (χ2n) is 4.75. The molecule has 0 aliphatic carbocycles. The van der Waals surface area contributed by atoms with Crippen molar-refractivity contribution in [2.24, 2.45) is 5.92 Å². The maximum Gasteiger partial charge on any atom is 0.311 e. The third-order valence-electron chi connectivity index (χ3n) is 3.45. The number of ether oxygens (including phenoxy) is 1. The van der Waals surface area contributed by atoms with Gasteiger partial charge in [-0.1, -0.05) is 11.3 Å². The molecular formula is C11H11FN4O5S. The number of nitrogens with one attached hydrogen (secondary N) is 1. The molecule has 0 unspecified atom stereocenters. The molecule has 1 fully saturated rings. The highest BCUT2D eigenvalue weighted by Gasteiger charge is 2.47. The third kappa shape index (κ3) is 2.05. The topological polar surface area (TPSA) is 140 Å². The number of halogens is 1. The van der Waals surface area contributed by atoms with E-state index in [-0.39, 0.29) is 16.3 Å². The lowest BCUT2D eigenvalue weighted by molar-refractivity contribution is -0.115. The van der Waals surface area contributed by atoms with Gasteiger partial charge in [-0.2, -0.15) is 4.98 Å². The SMILES string of the molecule is Nc1nc2c(sc(=O)n2[C@@H]2O[C@H](CO)[C@H](F)[C@H]2C=O)c(=O)[nH]1. The van der Waals surface area contributed by atoms with Crippen LogP contribution in [0.4, 0.5) is 10.3 Å². The van der Waals surface area contributed by atoms with Crippen molar-refractivity contribution < 1.29 is 19.0 Å². The van der Waals surface area contributed by atoms with E-state index in [1.807, 2.05) is 0 Å². The molecule has 0 amide bonds. The number of carbonyl (C=O) groups excluding carboxylic acids is 1. The van der Waals surface area contributed by atoms with Crippen molar-refractivity contribution in [3.63, 3.8) is 0 Å². The average molecular weight is 330 g/mol. The molecule has 4 atom stereocenters. The largest absolute Gasteiger partial charge is 0.394 e. The molecule has 22 heavy (non-hydrogen) atoms. The first-order valence-corrected chi connectivity index (χ1v) is 7.06. The van der Waals surface area contributed by atoms with Crippen LogP contribution >= 0.6 is 11.3 Å². The van der Waals surface area contributed by atoms with E-state index in [0.717, 1.165) is 4.57 Å². The number of aliphatic hydroxyl groups is 1. The highest BCUT2D eigenvalue weighted by Crippen LogP contribution is 2.36. The van der Waals surface area contributed by atoms with Crippen LogP contribution in [0.5, 0.6) is 0 Å². The molecule has 1 saturated heterocycles. The molecule has 0 radical (unpaired) electrons. The molecule has 1 aliphatic heterocycles. The number of hydrogen-bond acceptors (Lipinski definition) is 8. The van der Waals surface area contributed by atoms with Crippen LogP contribution in [0.2, 0.25) is 0 Å². The van der Waals surface area contributed by atoms with E-state index in [1.165, 1.54) is 0 Å². The highest BCUT2D eigenvalue weighted by atomic mass is 32.1. The molecule has 2 aromatic rings. The molecule has 0 aromatic carbocycles.